The van der Waals surface area contributed by atoms with Gasteiger partial charge in [0.1, 0.15) is 11.3 Å². The minimum atomic E-state index is -0.708. The third kappa shape index (κ3) is 4.00. The van der Waals surface area contributed by atoms with Gasteiger partial charge in [-0.2, -0.15) is 0 Å². The number of aliphatic hydroxyl groups is 1. The lowest BCUT2D eigenvalue weighted by Gasteiger charge is -2.27. The molecule has 1 aromatic heterocycles. The van der Waals surface area contributed by atoms with Gasteiger partial charge in [0.05, 0.1) is 18.2 Å². The largest absolute Gasteiger partial charge is 0.503 e. The van der Waals surface area contributed by atoms with Crippen LogP contribution < -0.4 is 4.74 Å². The lowest BCUT2D eigenvalue weighted by atomic mass is 9.94. The third-order valence-corrected chi connectivity index (χ3v) is 5.69. The first-order valence-electron chi connectivity index (χ1n) is 11.0. The van der Waals surface area contributed by atoms with E-state index >= 15 is 0 Å². The molecule has 0 bridgehead atoms. The van der Waals surface area contributed by atoms with E-state index in [-0.39, 0.29) is 11.3 Å². The number of fused-ring (bicyclic) bond motifs is 1. The summed E-state index contributed by atoms with van der Waals surface area (Å²) in [6, 6.07) is 15.6. The maximum atomic E-state index is 13.5. The van der Waals surface area contributed by atoms with Crippen LogP contribution in [-0.4, -0.2) is 34.8 Å². The highest BCUT2D eigenvalue weighted by Gasteiger charge is 2.44. The average Bonchev–Trinajstić information content (AvgIpc) is 3.34. The Morgan fingerprint density at radius 2 is 1.91 bits per heavy atom. The fraction of sp³-hybridized carbons (Fsp3) is 0.308. The predicted molar refractivity (Wildman–Crippen MR) is 122 cm³/mol. The second-order valence-corrected chi connectivity index (χ2v) is 7.85. The van der Waals surface area contributed by atoms with E-state index in [9.17, 15) is 14.7 Å². The summed E-state index contributed by atoms with van der Waals surface area (Å²) in [6.45, 7) is 4.92. The molecule has 0 radical (unpaired) electrons. The standard InChI is InChI=1S/C26H27NO5/c1-3-5-8-14-27-23(18-11-9-12-19(15-18)31-4-2)22(25(29)26(27)30)24(28)21-16-17-10-6-7-13-20(17)32-21/h6-7,9-13,15-16,23,29H,3-5,8,14H2,1-2H3. The number of carbonyl (C=O) groups excluding carboxylic acids is 2. The van der Waals surface area contributed by atoms with Gasteiger partial charge in [0.15, 0.2) is 11.5 Å². The molecule has 6 nitrogen and oxygen atoms in total. The van der Waals surface area contributed by atoms with Gasteiger partial charge in [-0.25, -0.2) is 0 Å². The molecular weight excluding hydrogens is 406 g/mol. The molecule has 1 amide bonds. The second-order valence-electron chi connectivity index (χ2n) is 7.85. The van der Waals surface area contributed by atoms with Crippen LogP contribution in [0.3, 0.4) is 0 Å². The molecule has 0 saturated carbocycles. The highest BCUT2D eigenvalue weighted by atomic mass is 16.5. The Morgan fingerprint density at radius 1 is 1.09 bits per heavy atom. The van der Waals surface area contributed by atoms with Crippen molar-refractivity contribution in [1.82, 2.24) is 4.90 Å². The Labute approximate surface area is 187 Å². The van der Waals surface area contributed by atoms with Crippen molar-refractivity contribution in [1.29, 1.82) is 0 Å². The number of amides is 1. The molecular formula is C26H27NO5. The Balaban J connectivity index is 1.77. The number of para-hydroxylation sites is 1. The van der Waals surface area contributed by atoms with Gasteiger partial charge in [-0.3, -0.25) is 9.59 Å². The van der Waals surface area contributed by atoms with Crippen molar-refractivity contribution in [3.63, 3.8) is 0 Å². The molecule has 32 heavy (non-hydrogen) atoms. The van der Waals surface area contributed by atoms with Crippen LogP contribution in [-0.2, 0) is 4.79 Å². The number of benzene rings is 2. The highest BCUT2D eigenvalue weighted by molar-refractivity contribution is 6.16. The molecule has 6 heteroatoms. The van der Waals surface area contributed by atoms with Crippen LogP contribution in [0.5, 0.6) is 5.75 Å². The van der Waals surface area contributed by atoms with Gasteiger partial charge < -0.3 is 19.2 Å². The first kappa shape index (κ1) is 21.7. The van der Waals surface area contributed by atoms with Crippen molar-refractivity contribution in [2.75, 3.05) is 13.2 Å². The van der Waals surface area contributed by atoms with Crippen molar-refractivity contribution < 1.29 is 23.8 Å². The fourth-order valence-corrected chi connectivity index (χ4v) is 4.16. The van der Waals surface area contributed by atoms with Gasteiger partial charge in [-0.05, 0) is 43.2 Å². The zero-order chi connectivity index (χ0) is 22.7. The number of ketones is 1. The zero-order valence-electron chi connectivity index (χ0n) is 18.3. The van der Waals surface area contributed by atoms with Gasteiger partial charge in [-0.1, -0.05) is 50.1 Å². The zero-order valence-corrected chi connectivity index (χ0v) is 18.3. The average molecular weight is 434 g/mol. The summed E-state index contributed by atoms with van der Waals surface area (Å²) in [6.07, 6.45) is 2.73. The maximum absolute atomic E-state index is 13.5. The quantitative estimate of drug-likeness (QED) is 0.351. The van der Waals surface area contributed by atoms with Crippen LogP contribution in [0.15, 0.2) is 70.3 Å². The van der Waals surface area contributed by atoms with Crippen LogP contribution in [0.2, 0.25) is 0 Å². The van der Waals surface area contributed by atoms with Gasteiger partial charge in [-0.15, -0.1) is 0 Å². The van der Waals surface area contributed by atoms with Crippen molar-refractivity contribution in [2.24, 2.45) is 0 Å². The molecule has 0 fully saturated rings. The van der Waals surface area contributed by atoms with Gasteiger partial charge >= 0.3 is 0 Å². The molecule has 0 spiro atoms. The van der Waals surface area contributed by atoms with Crippen molar-refractivity contribution in [3.05, 3.63) is 77.3 Å². The van der Waals surface area contributed by atoms with Crippen LogP contribution in [0.25, 0.3) is 11.0 Å². The summed E-state index contributed by atoms with van der Waals surface area (Å²) < 4.78 is 11.4. The molecule has 3 aromatic rings. The smallest absolute Gasteiger partial charge is 0.290 e. The predicted octanol–water partition coefficient (Wildman–Crippen LogP) is 5.60. The number of rotatable bonds is 9. The van der Waals surface area contributed by atoms with E-state index in [4.69, 9.17) is 9.15 Å². The summed E-state index contributed by atoms with van der Waals surface area (Å²) >= 11 is 0. The van der Waals surface area contributed by atoms with Gasteiger partial charge in [0.25, 0.3) is 5.91 Å². The molecule has 2 aromatic carbocycles. The maximum Gasteiger partial charge on any atom is 0.290 e. The molecule has 1 aliphatic heterocycles. The van der Waals surface area contributed by atoms with E-state index in [1.54, 1.807) is 17.0 Å². The molecule has 1 atom stereocenters. The first-order valence-corrected chi connectivity index (χ1v) is 11.0. The number of nitrogens with zero attached hydrogens (tertiary/aromatic N) is 1. The fourth-order valence-electron chi connectivity index (χ4n) is 4.16. The van der Waals surface area contributed by atoms with E-state index in [0.29, 0.717) is 30.0 Å². The number of ether oxygens (including phenoxy) is 1. The first-order chi connectivity index (χ1) is 15.5. The molecule has 2 heterocycles. The molecule has 1 aliphatic rings. The highest BCUT2D eigenvalue weighted by Crippen LogP contribution is 2.40. The van der Waals surface area contributed by atoms with E-state index in [1.165, 1.54) is 0 Å². The molecule has 0 aliphatic carbocycles. The second kappa shape index (κ2) is 9.30. The number of carbonyl (C=O) groups is 2. The molecule has 1 N–H and O–H groups in total. The topological polar surface area (TPSA) is 80.0 Å². The lowest BCUT2D eigenvalue weighted by Crippen LogP contribution is -2.32. The van der Waals surface area contributed by atoms with Crippen LogP contribution in [0, 0.1) is 0 Å². The van der Waals surface area contributed by atoms with E-state index in [1.807, 2.05) is 49.4 Å². The van der Waals surface area contributed by atoms with Crippen LogP contribution in [0.4, 0.5) is 0 Å². The summed E-state index contributed by atoms with van der Waals surface area (Å²) in [5.74, 6) is -0.794. The number of hydrogen-bond acceptors (Lipinski definition) is 5. The minimum Gasteiger partial charge on any atom is -0.503 e. The number of hydrogen-bond donors (Lipinski definition) is 1. The summed E-state index contributed by atoms with van der Waals surface area (Å²) in [7, 11) is 0. The summed E-state index contributed by atoms with van der Waals surface area (Å²) in [4.78, 5) is 28.1. The molecule has 4 rings (SSSR count). The number of aliphatic hydroxyl groups excluding tert-OH is 1. The van der Waals surface area contributed by atoms with Crippen molar-refractivity contribution in [2.45, 2.75) is 39.2 Å². The Hall–Kier alpha value is -3.54. The minimum absolute atomic E-state index is 0.0409. The normalized spacial score (nSPS) is 16.2. The molecule has 1 unspecified atom stereocenters. The molecule has 0 saturated heterocycles. The summed E-state index contributed by atoms with van der Waals surface area (Å²) in [5, 5.41) is 11.6. The van der Waals surface area contributed by atoms with Crippen molar-refractivity contribution in [3.8, 4) is 5.75 Å². The SMILES string of the molecule is CCCCCN1C(=O)C(O)=C(C(=O)c2cc3ccccc3o2)C1c1cccc(OCC)c1. The monoisotopic (exact) mass is 433 g/mol. The lowest BCUT2D eigenvalue weighted by molar-refractivity contribution is -0.129. The Bertz CT molecular complexity index is 1140. The number of unbranched alkanes of at least 4 members (excludes halogenated alkanes) is 2. The molecule has 166 valence electrons. The van der Waals surface area contributed by atoms with Crippen LogP contribution >= 0.6 is 0 Å². The Kier molecular flexibility index (Phi) is 6.30. The van der Waals surface area contributed by atoms with Gasteiger partial charge in [0.2, 0.25) is 5.78 Å². The van der Waals surface area contributed by atoms with Gasteiger partial charge in [0, 0.05) is 11.9 Å². The third-order valence-electron chi connectivity index (χ3n) is 5.69. The van der Waals surface area contributed by atoms with E-state index in [0.717, 1.165) is 24.6 Å². The van der Waals surface area contributed by atoms with Crippen molar-refractivity contribution >= 4 is 22.7 Å². The van der Waals surface area contributed by atoms with Crippen LogP contribution in [0.1, 0.15) is 55.3 Å². The Morgan fingerprint density at radius 3 is 2.66 bits per heavy atom. The summed E-state index contributed by atoms with van der Waals surface area (Å²) in [5.41, 5.74) is 1.33. The van der Waals surface area contributed by atoms with E-state index < -0.39 is 23.5 Å². The van der Waals surface area contributed by atoms with E-state index in [2.05, 4.69) is 6.92 Å². The number of Topliss-reactive ketones (excluding diaryl/α,β-unsaturated/α-hetero) is 1. The number of furan rings is 1.